The van der Waals surface area contributed by atoms with Crippen molar-refractivity contribution >= 4 is 47.0 Å². The van der Waals surface area contributed by atoms with Crippen LogP contribution < -0.4 is 16.0 Å². The van der Waals surface area contributed by atoms with E-state index in [-0.39, 0.29) is 54.2 Å². The molecular weight excluding hydrogens is 650 g/mol. The maximum Gasteiger partial charge on any atom is 0.412 e. The molecule has 48 heavy (non-hydrogen) atoms. The SMILES string of the molecule is Cc1cc(F)c(C(=O)NC2C/C=C/CCC(=O)Nc3cc(NC(=O)OC4CN(C(=O)OC(C)(C)C)C4)ccc3-c3nc2[nH]c3Cl)c(F)c1. The van der Waals surface area contributed by atoms with Crippen molar-refractivity contribution in [1.29, 1.82) is 0 Å². The van der Waals surface area contributed by atoms with Crippen molar-refractivity contribution < 1.29 is 37.4 Å². The van der Waals surface area contributed by atoms with Crippen LogP contribution in [0.3, 0.4) is 0 Å². The van der Waals surface area contributed by atoms with Crippen LogP contribution >= 0.6 is 11.6 Å². The van der Waals surface area contributed by atoms with E-state index in [2.05, 4.69) is 25.9 Å². The maximum absolute atomic E-state index is 14.6. The number of benzene rings is 2. The van der Waals surface area contributed by atoms with E-state index in [0.717, 1.165) is 12.1 Å². The molecule has 4 amide bonds. The van der Waals surface area contributed by atoms with Gasteiger partial charge in [-0.3, -0.25) is 14.9 Å². The fourth-order valence-electron chi connectivity index (χ4n) is 5.09. The lowest BCUT2D eigenvalue weighted by atomic mass is 10.1. The van der Waals surface area contributed by atoms with Gasteiger partial charge in [-0.05, 0) is 76.4 Å². The summed E-state index contributed by atoms with van der Waals surface area (Å²) in [6.07, 6.45) is 2.35. The van der Waals surface area contributed by atoms with Crippen LogP contribution in [0.2, 0.25) is 5.15 Å². The Labute approximate surface area is 280 Å². The molecular formula is C33H35ClF2N6O6. The highest BCUT2D eigenvalue weighted by molar-refractivity contribution is 6.32. The van der Waals surface area contributed by atoms with Crippen molar-refractivity contribution in [3.05, 3.63) is 76.2 Å². The molecule has 2 aromatic carbocycles. The monoisotopic (exact) mass is 684 g/mol. The molecule has 12 nitrogen and oxygen atoms in total. The lowest BCUT2D eigenvalue weighted by molar-refractivity contribution is -0.116. The molecule has 0 saturated carbocycles. The van der Waals surface area contributed by atoms with Gasteiger partial charge in [-0.15, -0.1) is 0 Å². The number of H-pyrrole nitrogens is 1. The Morgan fingerprint density at radius 3 is 2.48 bits per heavy atom. The number of aromatic nitrogens is 2. The van der Waals surface area contributed by atoms with Gasteiger partial charge in [-0.2, -0.15) is 0 Å². The number of aryl methyl sites for hydroxylation is 1. The highest BCUT2D eigenvalue weighted by atomic mass is 35.5. The summed E-state index contributed by atoms with van der Waals surface area (Å²) < 4.78 is 39.9. The van der Waals surface area contributed by atoms with E-state index in [1.54, 1.807) is 45.1 Å². The zero-order valence-electron chi connectivity index (χ0n) is 26.7. The summed E-state index contributed by atoms with van der Waals surface area (Å²) in [7, 11) is 0. The van der Waals surface area contributed by atoms with E-state index in [1.165, 1.54) is 17.9 Å². The molecule has 3 aromatic rings. The summed E-state index contributed by atoms with van der Waals surface area (Å²) in [6, 6.07) is 5.95. The molecule has 2 aliphatic rings. The second-order valence-corrected chi connectivity index (χ2v) is 12.9. The molecule has 1 aromatic heterocycles. The first-order valence-electron chi connectivity index (χ1n) is 15.2. The molecule has 4 N–H and O–H groups in total. The number of nitrogens with one attached hydrogen (secondary N) is 4. The molecule has 2 aliphatic heterocycles. The second kappa shape index (κ2) is 14.0. The summed E-state index contributed by atoms with van der Waals surface area (Å²) in [5.41, 5.74) is 0.168. The van der Waals surface area contributed by atoms with Crippen LogP contribution in [0.5, 0.6) is 0 Å². The van der Waals surface area contributed by atoms with Crippen LogP contribution in [0.15, 0.2) is 42.5 Å². The first kappa shape index (κ1) is 34.4. The highest BCUT2D eigenvalue weighted by Gasteiger charge is 2.36. The number of hydrogen-bond acceptors (Lipinski definition) is 7. The summed E-state index contributed by atoms with van der Waals surface area (Å²) in [4.78, 5) is 59.7. The van der Waals surface area contributed by atoms with E-state index in [4.69, 9.17) is 21.1 Å². The number of imidazole rings is 1. The number of nitrogens with zero attached hydrogens (tertiary/aromatic N) is 2. The van der Waals surface area contributed by atoms with E-state index in [9.17, 15) is 28.0 Å². The summed E-state index contributed by atoms with van der Waals surface area (Å²) in [5, 5.41) is 8.17. The van der Waals surface area contributed by atoms with Gasteiger partial charge in [-0.1, -0.05) is 23.8 Å². The van der Waals surface area contributed by atoms with E-state index in [0.29, 0.717) is 23.2 Å². The Morgan fingerprint density at radius 1 is 1.08 bits per heavy atom. The largest absolute Gasteiger partial charge is 0.444 e. The third-order valence-electron chi connectivity index (χ3n) is 7.37. The van der Waals surface area contributed by atoms with E-state index < -0.39 is 53.0 Å². The molecule has 1 saturated heterocycles. The number of amides is 4. The first-order valence-corrected chi connectivity index (χ1v) is 15.6. The van der Waals surface area contributed by atoms with Gasteiger partial charge >= 0.3 is 12.2 Å². The predicted octanol–water partition coefficient (Wildman–Crippen LogP) is 6.63. The molecule has 0 radical (unpaired) electrons. The number of carbonyl (C=O) groups is 4. The van der Waals surface area contributed by atoms with Crippen molar-refractivity contribution in [3.8, 4) is 11.3 Å². The Bertz CT molecular complexity index is 1760. The van der Waals surface area contributed by atoms with Crippen molar-refractivity contribution in [3.63, 3.8) is 0 Å². The number of anilines is 2. The van der Waals surface area contributed by atoms with Crippen LogP contribution in [0, 0.1) is 18.6 Å². The molecule has 1 unspecified atom stereocenters. The molecule has 5 rings (SSSR count). The highest BCUT2D eigenvalue weighted by Crippen LogP contribution is 2.36. The topological polar surface area (TPSA) is 155 Å². The number of fused-ring (bicyclic) bond motifs is 4. The van der Waals surface area contributed by atoms with Gasteiger partial charge in [0.05, 0.1) is 24.8 Å². The van der Waals surface area contributed by atoms with Crippen molar-refractivity contribution in [2.75, 3.05) is 23.7 Å². The number of aromatic amines is 1. The normalized spacial score (nSPS) is 17.4. The number of likely N-dealkylation sites (tertiary alicyclic amines) is 1. The number of halogens is 3. The average molecular weight is 685 g/mol. The number of hydrogen-bond donors (Lipinski definition) is 4. The summed E-state index contributed by atoms with van der Waals surface area (Å²) >= 11 is 6.57. The number of ether oxygens (including phenoxy) is 2. The van der Waals surface area contributed by atoms with Crippen molar-refractivity contribution in [2.24, 2.45) is 0 Å². The third-order valence-corrected chi connectivity index (χ3v) is 7.65. The minimum atomic E-state index is -0.995. The minimum Gasteiger partial charge on any atom is -0.444 e. The molecule has 0 aliphatic carbocycles. The maximum atomic E-state index is 14.6. The Morgan fingerprint density at radius 2 is 1.79 bits per heavy atom. The lowest BCUT2D eigenvalue weighted by Gasteiger charge is -2.38. The van der Waals surface area contributed by atoms with E-state index >= 15 is 0 Å². The van der Waals surface area contributed by atoms with Gasteiger partial charge in [0.1, 0.15) is 45.6 Å². The lowest BCUT2D eigenvalue weighted by Crippen LogP contribution is -2.56. The molecule has 0 spiro atoms. The quantitative estimate of drug-likeness (QED) is 0.225. The van der Waals surface area contributed by atoms with Crippen LogP contribution in [0.4, 0.5) is 29.7 Å². The summed E-state index contributed by atoms with van der Waals surface area (Å²) in [6.45, 7) is 7.17. The smallest absolute Gasteiger partial charge is 0.412 e. The number of carbonyl (C=O) groups excluding carboxylic acids is 4. The zero-order valence-corrected chi connectivity index (χ0v) is 27.5. The van der Waals surface area contributed by atoms with Crippen LogP contribution in [0.25, 0.3) is 11.3 Å². The zero-order chi connectivity index (χ0) is 34.7. The van der Waals surface area contributed by atoms with Gasteiger partial charge in [0.15, 0.2) is 0 Å². The van der Waals surface area contributed by atoms with Crippen molar-refractivity contribution in [2.45, 2.75) is 64.7 Å². The second-order valence-electron chi connectivity index (χ2n) is 12.5. The Balaban J connectivity index is 1.34. The number of rotatable bonds is 4. The molecule has 3 heterocycles. The minimum absolute atomic E-state index is 0.0770. The molecule has 1 fully saturated rings. The molecule has 1 atom stereocenters. The fraction of sp³-hybridized carbons (Fsp3) is 0.364. The van der Waals surface area contributed by atoms with Gasteiger partial charge in [0, 0.05) is 17.7 Å². The average Bonchev–Trinajstić information content (AvgIpc) is 3.33. The number of allylic oxidation sites excluding steroid dienone is 1. The molecule has 2 bridgehead atoms. The van der Waals surface area contributed by atoms with Gasteiger partial charge < -0.3 is 30.0 Å². The first-order chi connectivity index (χ1) is 22.7. The molecule has 15 heteroatoms. The summed E-state index contributed by atoms with van der Waals surface area (Å²) in [5.74, 6) is -3.07. The van der Waals surface area contributed by atoms with Crippen LogP contribution in [-0.2, 0) is 14.3 Å². The standard InChI is InChI=1S/C33H35ClF2N6O6/c1-17-12-21(35)26(22(36)13-17)30(44)39-23-8-6-5-7-9-25(43)38-24-14-18(10-11-20(24)27-28(34)41-29(23)40-27)37-31(45)47-19-15-42(16-19)32(46)48-33(2,3)4/h5-6,10-14,19,23H,7-9,15-16H2,1-4H3,(H,37,45)(H,38,43)(H,39,44)(H,40,41)/b6-5+. The van der Waals surface area contributed by atoms with E-state index in [1.807, 2.05) is 0 Å². The molecule has 254 valence electrons. The third kappa shape index (κ3) is 8.29. The van der Waals surface area contributed by atoms with Crippen LogP contribution in [-0.4, -0.2) is 63.7 Å². The van der Waals surface area contributed by atoms with Crippen molar-refractivity contribution in [1.82, 2.24) is 20.2 Å². The van der Waals surface area contributed by atoms with Gasteiger partial charge in [-0.25, -0.2) is 23.4 Å². The van der Waals surface area contributed by atoms with Gasteiger partial charge in [0.25, 0.3) is 5.91 Å². The predicted molar refractivity (Wildman–Crippen MR) is 174 cm³/mol. The van der Waals surface area contributed by atoms with Gasteiger partial charge in [0.2, 0.25) is 5.91 Å². The van der Waals surface area contributed by atoms with Crippen LogP contribution in [0.1, 0.15) is 67.8 Å². The Hall–Kier alpha value is -4.98. The Kier molecular flexibility index (Phi) is 10.0. The fourth-order valence-corrected chi connectivity index (χ4v) is 5.34.